The zero-order chi connectivity index (χ0) is 15.1. The second kappa shape index (κ2) is 5.28. The van der Waals surface area contributed by atoms with Crippen molar-refractivity contribution in [2.75, 3.05) is 0 Å². The Balaban J connectivity index is 2.05. The van der Waals surface area contributed by atoms with Gasteiger partial charge in [0.05, 0.1) is 6.04 Å². The molecular weight excluding hydrogens is 333 g/mol. The van der Waals surface area contributed by atoms with Crippen LogP contribution < -0.4 is 5.73 Å². The minimum Gasteiger partial charge on any atom is -0.459 e. The number of halogens is 2. The molecule has 1 aromatic heterocycles. The van der Waals surface area contributed by atoms with Gasteiger partial charge >= 0.3 is 0 Å². The SMILES string of the molecule is Cc1cc(C(N)c2cc3cc(F)ccc3o2)cc(C)c1Br. The number of rotatable bonds is 2. The summed E-state index contributed by atoms with van der Waals surface area (Å²) >= 11 is 3.55. The first kappa shape index (κ1) is 14.3. The Kier molecular flexibility index (Phi) is 3.59. The Morgan fingerprint density at radius 1 is 1.10 bits per heavy atom. The van der Waals surface area contributed by atoms with Crippen molar-refractivity contribution >= 4 is 26.9 Å². The average Bonchev–Trinajstić information content (AvgIpc) is 2.86. The van der Waals surface area contributed by atoms with Crippen molar-refractivity contribution in [3.8, 4) is 0 Å². The number of nitrogens with two attached hydrogens (primary N) is 1. The van der Waals surface area contributed by atoms with Gasteiger partial charge in [0, 0.05) is 9.86 Å². The van der Waals surface area contributed by atoms with Crippen LogP contribution in [0.4, 0.5) is 4.39 Å². The third kappa shape index (κ3) is 2.61. The average molecular weight is 348 g/mol. The molecule has 2 nitrogen and oxygen atoms in total. The highest BCUT2D eigenvalue weighted by Crippen LogP contribution is 2.30. The molecule has 0 spiro atoms. The van der Waals surface area contributed by atoms with Gasteiger partial charge in [0.1, 0.15) is 17.2 Å². The van der Waals surface area contributed by atoms with Crippen LogP contribution in [-0.2, 0) is 0 Å². The van der Waals surface area contributed by atoms with Crippen LogP contribution >= 0.6 is 15.9 Å². The molecule has 0 aliphatic heterocycles. The van der Waals surface area contributed by atoms with Gasteiger partial charge in [0.15, 0.2) is 0 Å². The molecule has 3 rings (SSSR count). The molecule has 2 N–H and O–H groups in total. The summed E-state index contributed by atoms with van der Waals surface area (Å²) in [5.41, 5.74) is 10.2. The van der Waals surface area contributed by atoms with Gasteiger partial charge in [0.25, 0.3) is 0 Å². The first-order valence-corrected chi connectivity index (χ1v) is 7.46. The number of furan rings is 1. The van der Waals surface area contributed by atoms with E-state index < -0.39 is 0 Å². The quantitative estimate of drug-likeness (QED) is 0.708. The highest BCUT2D eigenvalue weighted by Gasteiger charge is 2.16. The van der Waals surface area contributed by atoms with E-state index >= 15 is 0 Å². The largest absolute Gasteiger partial charge is 0.459 e. The molecule has 0 amide bonds. The predicted molar refractivity (Wildman–Crippen MR) is 85.8 cm³/mol. The maximum Gasteiger partial charge on any atom is 0.134 e. The highest BCUT2D eigenvalue weighted by molar-refractivity contribution is 9.10. The minimum atomic E-state index is -0.369. The fraction of sp³-hybridized carbons (Fsp3) is 0.176. The van der Waals surface area contributed by atoms with E-state index in [0.29, 0.717) is 11.3 Å². The normalized spacial score (nSPS) is 12.8. The lowest BCUT2D eigenvalue weighted by molar-refractivity contribution is 0.524. The molecule has 0 fully saturated rings. The van der Waals surface area contributed by atoms with E-state index in [0.717, 1.165) is 26.5 Å². The Labute approximate surface area is 130 Å². The summed E-state index contributed by atoms with van der Waals surface area (Å²) in [7, 11) is 0. The van der Waals surface area contributed by atoms with Crippen LogP contribution in [0.2, 0.25) is 0 Å². The lowest BCUT2D eigenvalue weighted by Gasteiger charge is -2.13. The van der Waals surface area contributed by atoms with Gasteiger partial charge in [-0.15, -0.1) is 0 Å². The van der Waals surface area contributed by atoms with Crippen LogP contribution in [0.3, 0.4) is 0 Å². The molecule has 1 heterocycles. The molecule has 1 atom stereocenters. The predicted octanol–water partition coefficient (Wildman–Crippen LogP) is 5.00. The molecule has 2 aromatic carbocycles. The summed E-state index contributed by atoms with van der Waals surface area (Å²) in [5, 5.41) is 0.728. The Bertz CT molecular complexity index is 802. The number of benzene rings is 2. The van der Waals surface area contributed by atoms with Crippen LogP contribution in [0.1, 0.15) is 28.5 Å². The first-order valence-electron chi connectivity index (χ1n) is 6.67. The molecule has 4 heteroatoms. The minimum absolute atomic E-state index is 0.279. The van der Waals surface area contributed by atoms with Crippen molar-refractivity contribution < 1.29 is 8.81 Å². The van der Waals surface area contributed by atoms with Gasteiger partial charge in [-0.05, 0) is 54.8 Å². The molecule has 0 bridgehead atoms. The van der Waals surface area contributed by atoms with E-state index in [4.69, 9.17) is 10.2 Å². The lowest BCUT2D eigenvalue weighted by atomic mass is 10.0. The Hall–Kier alpha value is -1.65. The van der Waals surface area contributed by atoms with Gasteiger partial charge in [-0.1, -0.05) is 28.1 Å². The molecule has 0 saturated heterocycles. The molecule has 3 aromatic rings. The third-order valence-electron chi connectivity index (χ3n) is 3.62. The van der Waals surface area contributed by atoms with Crippen molar-refractivity contribution in [3.05, 3.63) is 69.1 Å². The molecule has 21 heavy (non-hydrogen) atoms. The molecule has 1 unspecified atom stereocenters. The summed E-state index contributed by atoms with van der Waals surface area (Å²) in [6.45, 7) is 4.06. The lowest BCUT2D eigenvalue weighted by Crippen LogP contribution is -2.11. The van der Waals surface area contributed by atoms with E-state index in [-0.39, 0.29) is 11.9 Å². The van der Waals surface area contributed by atoms with Crippen molar-refractivity contribution in [2.24, 2.45) is 5.73 Å². The zero-order valence-corrected chi connectivity index (χ0v) is 13.4. The standard InChI is InChI=1S/C17H15BrFNO/c1-9-5-12(6-10(2)16(9)18)17(20)15-8-11-7-13(19)3-4-14(11)21-15/h3-8,17H,20H2,1-2H3. The Morgan fingerprint density at radius 3 is 2.43 bits per heavy atom. The van der Waals surface area contributed by atoms with E-state index in [2.05, 4.69) is 15.9 Å². The molecule has 0 aliphatic rings. The molecule has 0 saturated carbocycles. The topological polar surface area (TPSA) is 39.2 Å². The summed E-state index contributed by atoms with van der Waals surface area (Å²) in [6, 6.07) is 9.97. The molecule has 0 radical (unpaired) electrons. The van der Waals surface area contributed by atoms with Crippen molar-refractivity contribution in [1.82, 2.24) is 0 Å². The summed E-state index contributed by atoms with van der Waals surface area (Å²) in [5.74, 6) is 0.357. The van der Waals surface area contributed by atoms with Gasteiger partial charge in [-0.3, -0.25) is 0 Å². The van der Waals surface area contributed by atoms with Crippen molar-refractivity contribution in [1.29, 1.82) is 0 Å². The van der Waals surface area contributed by atoms with Gasteiger partial charge in [0.2, 0.25) is 0 Å². The van der Waals surface area contributed by atoms with Gasteiger partial charge in [-0.25, -0.2) is 4.39 Å². The van der Waals surface area contributed by atoms with Crippen molar-refractivity contribution in [2.45, 2.75) is 19.9 Å². The summed E-state index contributed by atoms with van der Waals surface area (Å²) in [4.78, 5) is 0. The summed E-state index contributed by atoms with van der Waals surface area (Å²) < 4.78 is 20.1. The highest BCUT2D eigenvalue weighted by atomic mass is 79.9. The molecule has 0 aliphatic carbocycles. The maximum atomic E-state index is 13.2. The molecular formula is C17H15BrFNO. The monoisotopic (exact) mass is 347 g/mol. The van der Waals surface area contributed by atoms with Crippen LogP contribution in [0, 0.1) is 19.7 Å². The Morgan fingerprint density at radius 2 is 1.76 bits per heavy atom. The van der Waals surface area contributed by atoms with Gasteiger partial charge in [-0.2, -0.15) is 0 Å². The van der Waals surface area contributed by atoms with Crippen LogP contribution in [0.5, 0.6) is 0 Å². The van der Waals surface area contributed by atoms with E-state index in [1.165, 1.54) is 12.1 Å². The fourth-order valence-electron chi connectivity index (χ4n) is 2.51. The maximum absolute atomic E-state index is 13.2. The van der Waals surface area contributed by atoms with Crippen LogP contribution in [0.25, 0.3) is 11.0 Å². The second-order valence-electron chi connectivity index (χ2n) is 5.28. The smallest absolute Gasteiger partial charge is 0.134 e. The fourth-order valence-corrected chi connectivity index (χ4v) is 2.74. The van der Waals surface area contributed by atoms with Crippen LogP contribution in [0.15, 0.2) is 45.3 Å². The van der Waals surface area contributed by atoms with E-state index in [1.54, 1.807) is 12.1 Å². The number of hydrogen-bond acceptors (Lipinski definition) is 2. The number of fused-ring (bicyclic) bond motifs is 1. The first-order chi connectivity index (χ1) is 9.95. The van der Waals surface area contributed by atoms with Crippen LogP contribution in [-0.4, -0.2) is 0 Å². The van der Waals surface area contributed by atoms with Gasteiger partial charge < -0.3 is 10.2 Å². The number of aryl methyl sites for hydroxylation is 2. The summed E-state index contributed by atoms with van der Waals surface area (Å²) in [6.07, 6.45) is 0. The van der Waals surface area contributed by atoms with E-state index in [1.807, 2.05) is 26.0 Å². The third-order valence-corrected chi connectivity index (χ3v) is 4.87. The van der Waals surface area contributed by atoms with E-state index in [9.17, 15) is 4.39 Å². The second-order valence-corrected chi connectivity index (χ2v) is 6.07. The molecule has 108 valence electrons. The van der Waals surface area contributed by atoms with Crippen molar-refractivity contribution in [3.63, 3.8) is 0 Å². The number of hydrogen-bond donors (Lipinski definition) is 1. The zero-order valence-electron chi connectivity index (χ0n) is 11.8.